The van der Waals surface area contributed by atoms with Gasteiger partial charge in [-0.25, -0.2) is 4.79 Å². The van der Waals surface area contributed by atoms with Gasteiger partial charge in [-0.05, 0) is 26.3 Å². The Balaban J connectivity index is 3.19. The molecular weight excluding hydrogens is 168 g/mol. The number of primary amides is 1. The fourth-order valence-corrected chi connectivity index (χ4v) is 0.964. The monoisotopic (exact) mass is 188 g/mol. The Morgan fingerprint density at radius 3 is 2.85 bits per heavy atom. The lowest BCUT2D eigenvalue weighted by atomic mass is 10.2. The molecule has 0 bridgehead atoms. The molecule has 0 aliphatic carbocycles. The number of hydrogen-bond acceptors (Lipinski definition) is 3. The van der Waals surface area contributed by atoms with E-state index in [-0.39, 0.29) is 0 Å². The van der Waals surface area contributed by atoms with E-state index >= 15 is 0 Å². The van der Waals surface area contributed by atoms with E-state index in [1.807, 2.05) is 0 Å². The van der Waals surface area contributed by atoms with Gasteiger partial charge >= 0.3 is 6.09 Å². The van der Waals surface area contributed by atoms with Crippen LogP contribution in [0.4, 0.5) is 4.79 Å². The molecule has 0 aliphatic rings. The molecule has 4 nitrogen and oxygen atoms in total. The van der Waals surface area contributed by atoms with Crippen LogP contribution in [0.2, 0.25) is 0 Å². The van der Waals surface area contributed by atoms with Gasteiger partial charge in [-0.2, -0.15) is 0 Å². The lowest BCUT2D eigenvalue weighted by Crippen LogP contribution is -2.29. The summed E-state index contributed by atoms with van der Waals surface area (Å²) < 4.78 is 4.62. The molecule has 0 saturated heterocycles. The molecule has 0 aromatic rings. The molecule has 1 atom stereocenters. The van der Waals surface area contributed by atoms with E-state index in [0.29, 0.717) is 12.6 Å². The Morgan fingerprint density at radius 1 is 1.62 bits per heavy atom. The molecule has 0 spiro atoms. The van der Waals surface area contributed by atoms with E-state index in [9.17, 15) is 4.79 Å². The van der Waals surface area contributed by atoms with Crippen LogP contribution in [-0.4, -0.2) is 25.3 Å². The van der Waals surface area contributed by atoms with E-state index < -0.39 is 6.09 Å². The Bertz CT molecular complexity index is 140. The third-order valence-electron chi connectivity index (χ3n) is 1.82. The van der Waals surface area contributed by atoms with Crippen molar-refractivity contribution in [3.63, 3.8) is 0 Å². The van der Waals surface area contributed by atoms with E-state index in [4.69, 9.17) is 5.73 Å². The first kappa shape index (κ1) is 12.2. The van der Waals surface area contributed by atoms with Crippen LogP contribution in [0.15, 0.2) is 0 Å². The van der Waals surface area contributed by atoms with Gasteiger partial charge in [-0.15, -0.1) is 0 Å². The van der Waals surface area contributed by atoms with Crippen LogP contribution in [0.1, 0.15) is 33.1 Å². The van der Waals surface area contributed by atoms with Crippen LogP contribution >= 0.6 is 0 Å². The Kier molecular flexibility index (Phi) is 7.39. The van der Waals surface area contributed by atoms with Crippen LogP contribution in [0.3, 0.4) is 0 Å². The lowest BCUT2D eigenvalue weighted by molar-refractivity contribution is 0.152. The van der Waals surface area contributed by atoms with Gasteiger partial charge in [0.1, 0.15) is 0 Å². The Labute approximate surface area is 79.8 Å². The molecule has 0 fully saturated rings. The normalized spacial score (nSPS) is 12.5. The first-order valence-electron chi connectivity index (χ1n) is 4.82. The summed E-state index contributed by atoms with van der Waals surface area (Å²) in [6, 6.07) is 0.380. The maximum absolute atomic E-state index is 10.2. The van der Waals surface area contributed by atoms with Gasteiger partial charge in [0.25, 0.3) is 0 Å². The smallest absolute Gasteiger partial charge is 0.404 e. The van der Waals surface area contributed by atoms with E-state index in [1.54, 1.807) is 0 Å². The summed E-state index contributed by atoms with van der Waals surface area (Å²) in [5.41, 5.74) is 4.82. The molecule has 3 N–H and O–H groups in total. The van der Waals surface area contributed by atoms with E-state index in [0.717, 1.165) is 13.0 Å². The van der Waals surface area contributed by atoms with Crippen molar-refractivity contribution in [1.82, 2.24) is 5.32 Å². The lowest BCUT2D eigenvalue weighted by Gasteiger charge is -2.12. The van der Waals surface area contributed by atoms with Crippen LogP contribution in [0, 0.1) is 0 Å². The zero-order valence-corrected chi connectivity index (χ0v) is 8.51. The molecule has 0 saturated carbocycles. The molecule has 13 heavy (non-hydrogen) atoms. The molecule has 0 heterocycles. The van der Waals surface area contributed by atoms with Crippen molar-refractivity contribution in [1.29, 1.82) is 0 Å². The Morgan fingerprint density at radius 2 is 2.31 bits per heavy atom. The summed E-state index contributed by atoms with van der Waals surface area (Å²) in [7, 11) is 0. The average Bonchev–Trinajstić information content (AvgIpc) is 2.04. The maximum Gasteiger partial charge on any atom is 0.404 e. The zero-order chi connectivity index (χ0) is 10.1. The largest absolute Gasteiger partial charge is 0.450 e. The van der Waals surface area contributed by atoms with Crippen LogP contribution in [0.25, 0.3) is 0 Å². The summed E-state index contributed by atoms with van der Waals surface area (Å²) >= 11 is 0. The second-order valence-corrected chi connectivity index (χ2v) is 3.16. The molecule has 78 valence electrons. The van der Waals surface area contributed by atoms with Gasteiger partial charge in [-0.3, -0.25) is 0 Å². The second kappa shape index (κ2) is 7.86. The number of ether oxygens (including phenoxy) is 1. The minimum absolute atomic E-state index is 0.380. The maximum atomic E-state index is 10.2. The first-order chi connectivity index (χ1) is 6.16. The number of hydrogen-bond donors (Lipinski definition) is 2. The second-order valence-electron chi connectivity index (χ2n) is 3.16. The van der Waals surface area contributed by atoms with Gasteiger partial charge in [0, 0.05) is 6.04 Å². The number of rotatable bonds is 7. The van der Waals surface area contributed by atoms with Gasteiger partial charge in [-0.1, -0.05) is 13.3 Å². The Hall–Kier alpha value is -0.770. The highest BCUT2D eigenvalue weighted by atomic mass is 16.5. The third-order valence-corrected chi connectivity index (χ3v) is 1.82. The van der Waals surface area contributed by atoms with Crippen molar-refractivity contribution in [3.8, 4) is 0 Å². The fraction of sp³-hybridized carbons (Fsp3) is 0.889. The number of nitrogens with one attached hydrogen (secondary N) is 1. The molecule has 0 aromatic carbocycles. The van der Waals surface area contributed by atoms with Crippen LogP contribution in [-0.2, 0) is 4.74 Å². The predicted molar refractivity (Wildman–Crippen MR) is 52.5 cm³/mol. The molecule has 4 heteroatoms. The molecule has 0 aliphatic heterocycles. The summed E-state index contributed by atoms with van der Waals surface area (Å²) in [6.45, 7) is 5.65. The topological polar surface area (TPSA) is 64.3 Å². The molecule has 1 amide bonds. The first-order valence-corrected chi connectivity index (χ1v) is 4.82. The molecular formula is C9H20N2O2. The van der Waals surface area contributed by atoms with Crippen molar-refractivity contribution in [2.75, 3.05) is 13.2 Å². The van der Waals surface area contributed by atoms with E-state index in [2.05, 4.69) is 23.9 Å². The van der Waals surface area contributed by atoms with Gasteiger partial charge < -0.3 is 15.8 Å². The standard InChI is InChI=1S/C9H20N2O2/c1-3-4-6-11-8(2)5-7-13-9(10)12/h8,11H,3-7H2,1-2H3,(H2,10,12). The minimum atomic E-state index is -0.694. The van der Waals surface area contributed by atoms with E-state index in [1.165, 1.54) is 12.8 Å². The SMILES string of the molecule is CCCCNC(C)CCOC(N)=O. The number of unbranched alkanes of at least 4 members (excludes halogenated alkanes) is 1. The summed E-state index contributed by atoms with van der Waals surface area (Å²) in [4.78, 5) is 10.2. The van der Waals surface area contributed by atoms with Gasteiger partial charge in [0.05, 0.1) is 6.61 Å². The van der Waals surface area contributed by atoms with Gasteiger partial charge in [0.2, 0.25) is 0 Å². The summed E-state index contributed by atoms with van der Waals surface area (Å²) in [5.74, 6) is 0. The zero-order valence-electron chi connectivity index (χ0n) is 8.51. The highest BCUT2D eigenvalue weighted by Crippen LogP contribution is 1.92. The number of amides is 1. The van der Waals surface area contributed by atoms with Crippen LogP contribution < -0.4 is 11.1 Å². The van der Waals surface area contributed by atoms with Crippen molar-refractivity contribution >= 4 is 6.09 Å². The third kappa shape index (κ3) is 9.14. The number of carbonyl (C=O) groups is 1. The molecule has 0 aromatic heterocycles. The van der Waals surface area contributed by atoms with Crippen molar-refractivity contribution in [3.05, 3.63) is 0 Å². The summed E-state index contributed by atoms with van der Waals surface area (Å²) in [6.07, 6.45) is 2.49. The number of nitrogens with two attached hydrogens (primary N) is 1. The highest BCUT2D eigenvalue weighted by molar-refractivity contribution is 5.64. The number of carbonyl (C=O) groups excluding carboxylic acids is 1. The average molecular weight is 188 g/mol. The van der Waals surface area contributed by atoms with Crippen molar-refractivity contribution < 1.29 is 9.53 Å². The quantitative estimate of drug-likeness (QED) is 0.591. The highest BCUT2D eigenvalue weighted by Gasteiger charge is 2.01. The fourth-order valence-electron chi connectivity index (χ4n) is 0.964. The van der Waals surface area contributed by atoms with Crippen molar-refractivity contribution in [2.24, 2.45) is 5.73 Å². The minimum Gasteiger partial charge on any atom is -0.450 e. The van der Waals surface area contributed by atoms with Gasteiger partial charge in [0.15, 0.2) is 0 Å². The van der Waals surface area contributed by atoms with Crippen LogP contribution in [0.5, 0.6) is 0 Å². The van der Waals surface area contributed by atoms with Crippen molar-refractivity contribution in [2.45, 2.75) is 39.2 Å². The predicted octanol–water partition coefficient (Wildman–Crippen LogP) is 1.25. The summed E-state index contributed by atoms with van der Waals surface area (Å²) in [5, 5.41) is 3.33. The molecule has 0 rings (SSSR count). The molecule has 1 unspecified atom stereocenters. The molecule has 0 radical (unpaired) electrons.